The Balaban J connectivity index is 1.28. The minimum Gasteiger partial charge on any atom is -0.457 e. The molecule has 11 heteroatoms. The van der Waals surface area contributed by atoms with E-state index >= 15 is 0 Å². The third kappa shape index (κ3) is 4.94. The number of anilines is 1. The SMILES string of the molecule is O=C(Nc1cn[nH]c1-c1nc(-c2ccc(Oc3ccc(C(F)(F)F)cc3)cc2)no1)c1ccccc1. The lowest BCUT2D eigenvalue weighted by Crippen LogP contribution is -2.11. The van der Waals surface area contributed by atoms with Crippen molar-refractivity contribution in [2.24, 2.45) is 0 Å². The molecular formula is C25H16F3N5O3. The van der Waals surface area contributed by atoms with Crippen LogP contribution in [-0.4, -0.2) is 26.2 Å². The fourth-order valence-corrected chi connectivity index (χ4v) is 3.29. The van der Waals surface area contributed by atoms with Gasteiger partial charge in [-0.1, -0.05) is 23.4 Å². The van der Waals surface area contributed by atoms with Crippen molar-refractivity contribution in [3.63, 3.8) is 0 Å². The van der Waals surface area contributed by atoms with E-state index in [9.17, 15) is 18.0 Å². The van der Waals surface area contributed by atoms with Crippen molar-refractivity contribution in [3.05, 3.63) is 96.2 Å². The maximum Gasteiger partial charge on any atom is 0.416 e. The number of halogens is 3. The molecule has 0 spiro atoms. The highest BCUT2D eigenvalue weighted by atomic mass is 19.4. The van der Waals surface area contributed by atoms with Crippen LogP contribution < -0.4 is 10.1 Å². The first kappa shape index (κ1) is 22.8. The van der Waals surface area contributed by atoms with Crippen molar-refractivity contribution >= 4 is 11.6 Å². The molecule has 5 rings (SSSR count). The molecule has 5 aromatic rings. The molecule has 8 nitrogen and oxygen atoms in total. The van der Waals surface area contributed by atoms with Crippen LogP contribution in [0.4, 0.5) is 18.9 Å². The second kappa shape index (κ2) is 9.37. The monoisotopic (exact) mass is 491 g/mol. The molecule has 2 aromatic heterocycles. The molecule has 0 atom stereocenters. The Kier molecular flexibility index (Phi) is 5.95. The molecule has 180 valence electrons. The van der Waals surface area contributed by atoms with E-state index < -0.39 is 11.7 Å². The van der Waals surface area contributed by atoms with Gasteiger partial charge in [0.05, 0.1) is 17.4 Å². The summed E-state index contributed by atoms with van der Waals surface area (Å²) in [7, 11) is 0. The molecule has 0 aliphatic rings. The van der Waals surface area contributed by atoms with Gasteiger partial charge in [-0.3, -0.25) is 9.89 Å². The first-order valence-electron chi connectivity index (χ1n) is 10.6. The molecular weight excluding hydrogens is 475 g/mol. The number of aromatic nitrogens is 4. The third-order valence-electron chi connectivity index (χ3n) is 5.09. The molecule has 1 amide bonds. The van der Waals surface area contributed by atoms with E-state index in [0.717, 1.165) is 12.1 Å². The van der Waals surface area contributed by atoms with Crippen LogP contribution in [0.5, 0.6) is 11.5 Å². The highest BCUT2D eigenvalue weighted by molar-refractivity contribution is 6.05. The number of H-pyrrole nitrogens is 1. The second-order valence-corrected chi connectivity index (χ2v) is 7.55. The van der Waals surface area contributed by atoms with Gasteiger partial charge in [-0.25, -0.2) is 0 Å². The number of carbonyl (C=O) groups excluding carboxylic acids is 1. The number of rotatable bonds is 6. The summed E-state index contributed by atoms with van der Waals surface area (Å²) in [6.07, 6.45) is -2.97. The molecule has 0 bridgehead atoms. The number of alkyl halides is 3. The summed E-state index contributed by atoms with van der Waals surface area (Å²) in [5.74, 6) is 0.766. The summed E-state index contributed by atoms with van der Waals surface area (Å²) in [5, 5.41) is 13.4. The average molecular weight is 491 g/mol. The third-order valence-corrected chi connectivity index (χ3v) is 5.09. The van der Waals surface area contributed by atoms with Gasteiger partial charge in [-0.05, 0) is 60.7 Å². The van der Waals surface area contributed by atoms with Crippen LogP contribution in [0.3, 0.4) is 0 Å². The number of aromatic amines is 1. The van der Waals surface area contributed by atoms with Crippen molar-refractivity contribution in [1.29, 1.82) is 0 Å². The Bertz CT molecular complexity index is 1480. The van der Waals surface area contributed by atoms with Crippen molar-refractivity contribution < 1.29 is 27.2 Å². The minimum absolute atomic E-state index is 0.121. The number of ether oxygens (including phenoxy) is 1. The van der Waals surface area contributed by atoms with Crippen molar-refractivity contribution in [3.8, 4) is 34.5 Å². The molecule has 0 aliphatic heterocycles. The lowest BCUT2D eigenvalue weighted by Gasteiger charge is -2.09. The Hall–Kier alpha value is -4.93. The first-order valence-corrected chi connectivity index (χ1v) is 10.6. The highest BCUT2D eigenvalue weighted by Crippen LogP contribution is 2.32. The number of hydrogen-bond donors (Lipinski definition) is 2. The number of carbonyl (C=O) groups is 1. The van der Waals surface area contributed by atoms with Gasteiger partial charge in [-0.15, -0.1) is 0 Å². The van der Waals surface area contributed by atoms with E-state index in [2.05, 4.69) is 25.7 Å². The predicted molar refractivity (Wildman–Crippen MR) is 123 cm³/mol. The van der Waals surface area contributed by atoms with Gasteiger partial charge in [-0.2, -0.15) is 23.3 Å². The second-order valence-electron chi connectivity index (χ2n) is 7.55. The number of nitrogens with zero attached hydrogens (tertiary/aromatic N) is 3. The van der Waals surface area contributed by atoms with E-state index in [4.69, 9.17) is 9.26 Å². The largest absolute Gasteiger partial charge is 0.457 e. The molecule has 0 unspecified atom stereocenters. The smallest absolute Gasteiger partial charge is 0.416 e. The zero-order valence-electron chi connectivity index (χ0n) is 18.3. The van der Waals surface area contributed by atoms with Gasteiger partial charge >= 0.3 is 6.18 Å². The van der Waals surface area contributed by atoms with E-state index in [1.807, 2.05) is 6.07 Å². The van der Waals surface area contributed by atoms with Gasteiger partial charge in [0, 0.05) is 11.1 Å². The number of hydrogen-bond acceptors (Lipinski definition) is 6. The van der Waals surface area contributed by atoms with Crippen LogP contribution in [0.25, 0.3) is 23.0 Å². The summed E-state index contributed by atoms with van der Waals surface area (Å²) in [6, 6.07) is 19.7. The lowest BCUT2D eigenvalue weighted by molar-refractivity contribution is -0.137. The summed E-state index contributed by atoms with van der Waals surface area (Å²) >= 11 is 0. The van der Waals surface area contributed by atoms with Crippen LogP contribution in [0.1, 0.15) is 15.9 Å². The molecule has 0 saturated heterocycles. The van der Waals surface area contributed by atoms with Gasteiger partial charge in [0.15, 0.2) is 0 Å². The molecule has 0 radical (unpaired) electrons. The van der Waals surface area contributed by atoms with Crippen LogP contribution in [0, 0.1) is 0 Å². The van der Waals surface area contributed by atoms with Crippen molar-refractivity contribution in [1.82, 2.24) is 20.3 Å². The molecule has 36 heavy (non-hydrogen) atoms. The molecule has 3 aromatic carbocycles. The standard InChI is InChI=1S/C25H16F3N5O3/c26-25(27,28)17-8-12-19(13-9-17)35-18-10-6-15(7-11-18)22-31-24(36-33-22)21-20(14-29-32-21)30-23(34)16-4-2-1-3-5-16/h1-14H,(H,29,32)(H,30,34). The summed E-state index contributed by atoms with van der Waals surface area (Å²) in [5.41, 5.74) is 1.06. The molecule has 0 aliphatic carbocycles. The lowest BCUT2D eigenvalue weighted by atomic mass is 10.2. The Morgan fingerprint density at radius 3 is 2.25 bits per heavy atom. The summed E-state index contributed by atoms with van der Waals surface area (Å²) in [6.45, 7) is 0. The molecule has 0 fully saturated rings. The Morgan fingerprint density at radius 1 is 0.917 bits per heavy atom. The highest BCUT2D eigenvalue weighted by Gasteiger charge is 2.30. The maximum absolute atomic E-state index is 12.7. The number of amides is 1. The van der Waals surface area contributed by atoms with Gasteiger partial charge in [0.25, 0.3) is 11.8 Å². The first-order chi connectivity index (χ1) is 17.4. The van der Waals surface area contributed by atoms with E-state index in [1.54, 1.807) is 48.5 Å². The van der Waals surface area contributed by atoms with Crippen LogP contribution in [0.15, 0.2) is 89.6 Å². The van der Waals surface area contributed by atoms with Crippen LogP contribution >= 0.6 is 0 Å². The maximum atomic E-state index is 12.7. The summed E-state index contributed by atoms with van der Waals surface area (Å²) < 4.78 is 49.1. The Morgan fingerprint density at radius 2 is 1.58 bits per heavy atom. The zero-order valence-corrected chi connectivity index (χ0v) is 18.3. The van der Waals surface area contributed by atoms with E-state index in [-0.39, 0.29) is 23.4 Å². The molecule has 2 N–H and O–H groups in total. The van der Waals surface area contributed by atoms with Crippen LogP contribution in [-0.2, 0) is 6.18 Å². The average Bonchev–Trinajstić information content (AvgIpc) is 3.54. The summed E-state index contributed by atoms with van der Waals surface area (Å²) in [4.78, 5) is 16.8. The topological polar surface area (TPSA) is 106 Å². The quantitative estimate of drug-likeness (QED) is 0.293. The predicted octanol–water partition coefficient (Wildman–Crippen LogP) is 6.19. The van der Waals surface area contributed by atoms with E-state index in [0.29, 0.717) is 28.3 Å². The van der Waals surface area contributed by atoms with Gasteiger partial charge in [0.1, 0.15) is 17.2 Å². The van der Waals surface area contributed by atoms with Gasteiger partial charge in [0.2, 0.25) is 5.82 Å². The molecule has 0 saturated carbocycles. The minimum atomic E-state index is -4.41. The van der Waals surface area contributed by atoms with Crippen molar-refractivity contribution in [2.75, 3.05) is 5.32 Å². The normalized spacial score (nSPS) is 11.3. The fourth-order valence-electron chi connectivity index (χ4n) is 3.29. The number of benzene rings is 3. The zero-order chi connectivity index (χ0) is 25.1. The number of nitrogens with one attached hydrogen (secondary N) is 2. The van der Waals surface area contributed by atoms with Gasteiger partial charge < -0.3 is 14.6 Å². The van der Waals surface area contributed by atoms with Crippen molar-refractivity contribution in [2.45, 2.75) is 6.18 Å². The Labute approximate surface area is 201 Å². The molecule has 2 heterocycles. The van der Waals surface area contributed by atoms with E-state index in [1.165, 1.54) is 18.3 Å². The fraction of sp³-hybridized carbons (Fsp3) is 0.0400. The van der Waals surface area contributed by atoms with Crippen LogP contribution in [0.2, 0.25) is 0 Å².